The number of ether oxygens (including phenoxy) is 1. The van der Waals surface area contributed by atoms with Crippen LogP contribution in [-0.2, 0) is 4.74 Å². The smallest absolute Gasteiger partial charge is 0.0701 e. The highest BCUT2D eigenvalue weighted by atomic mass is 32.2. The van der Waals surface area contributed by atoms with E-state index < -0.39 is 0 Å². The van der Waals surface area contributed by atoms with Crippen LogP contribution in [0.2, 0.25) is 0 Å². The SMILES string of the molecule is CC1(C)CCCC1C(N)C1CCOC2(CCSCC2)C1. The predicted octanol–water partition coefficient (Wildman–Crippen LogP) is 3.83. The summed E-state index contributed by atoms with van der Waals surface area (Å²) in [6, 6.07) is 0.392. The van der Waals surface area contributed by atoms with Crippen molar-refractivity contribution in [1.29, 1.82) is 0 Å². The standard InChI is InChI=1S/C17H31NOS/c1-16(2)6-3-4-14(16)15(18)13-5-9-19-17(12-13)7-10-20-11-8-17/h13-15H,3-12,18H2,1-2H3. The summed E-state index contributed by atoms with van der Waals surface area (Å²) in [5.41, 5.74) is 7.40. The minimum Gasteiger partial charge on any atom is -0.375 e. The van der Waals surface area contributed by atoms with E-state index in [-0.39, 0.29) is 5.60 Å². The fraction of sp³-hybridized carbons (Fsp3) is 1.00. The molecule has 0 aromatic rings. The summed E-state index contributed by atoms with van der Waals surface area (Å²) in [6.07, 6.45) is 8.97. The van der Waals surface area contributed by atoms with Gasteiger partial charge in [0.15, 0.2) is 0 Å². The van der Waals surface area contributed by atoms with Gasteiger partial charge in [-0.3, -0.25) is 0 Å². The molecule has 3 fully saturated rings. The van der Waals surface area contributed by atoms with Crippen molar-refractivity contribution >= 4 is 11.8 Å². The molecule has 2 nitrogen and oxygen atoms in total. The zero-order chi connectivity index (χ0) is 14.2. The van der Waals surface area contributed by atoms with Gasteiger partial charge in [-0.15, -0.1) is 0 Å². The van der Waals surface area contributed by atoms with Crippen LogP contribution in [0.15, 0.2) is 0 Å². The topological polar surface area (TPSA) is 35.2 Å². The molecule has 0 aromatic carbocycles. The fourth-order valence-electron chi connectivity index (χ4n) is 4.88. The zero-order valence-electron chi connectivity index (χ0n) is 13.2. The van der Waals surface area contributed by atoms with Gasteiger partial charge in [0.2, 0.25) is 0 Å². The van der Waals surface area contributed by atoms with Crippen LogP contribution in [0.5, 0.6) is 0 Å². The first-order valence-corrected chi connectivity index (χ1v) is 9.65. The summed E-state index contributed by atoms with van der Waals surface area (Å²) in [6.45, 7) is 5.80. The van der Waals surface area contributed by atoms with Crippen molar-refractivity contribution in [3.8, 4) is 0 Å². The van der Waals surface area contributed by atoms with Gasteiger partial charge in [0.25, 0.3) is 0 Å². The summed E-state index contributed by atoms with van der Waals surface area (Å²) in [5.74, 6) is 3.96. The summed E-state index contributed by atoms with van der Waals surface area (Å²) in [7, 11) is 0. The summed E-state index contributed by atoms with van der Waals surface area (Å²) in [5, 5.41) is 0. The lowest BCUT2D eigenvalue weighted by atomic mass is 9.69. The van der Waals surface area contributed by atoms with E-state index in [0.717, 1.165) is 12.5 Å². The third-order valence-electron chi connectivity index (χ3n) is 6.28. The van der Waals surface area contributed by atoms with Gasteiger partial charge in [-0.25, -0.2) is 0 Å². The van der Waals surface area contributed by atoms with E-state index in [1.54, 1.807) is 0 Å². The minimum absolute atomic E-state index is 0.189. The zero-order valence-corrected chi connectivity index (χ0v) is 14.0. The molecule has 0 amide bonds. The maximum atomic E-state index is 6.76. The Morgan fingerprint density at radius 3 is 2.55 bits per heavy atom. The molecule has 0 aromatic heterocycles. The van der Waals surface area contributed by atoms with E-state index in [4.69, 9.17) is 10.5 Å². The highest BCUT2D eigenvalue weighted by molar-refractivity contribution is 7.99. The summed E-state index contributed by atoms with van der Waals surface area (Å²) >= 11 is 2.09. The predicted molar refractivity (Wildman–Crippen MR) is 87.1 cm³/mol. The molecule has 3 rings (SSSR count). The van der Waals surface area contributed by atoms with Gasteiger partial charge in [0.05, 0.1) is 5.60 Å². The molecule has 1 saturated carbocycles. The second-order valence-electron chi connectivity index (χ2n) is 7.96. The first kappa shape index (κ1) is 15.2. The molecule has 3 unspecified atom stereocenters. The molecule has 3 aliphatic rings. The molecule has 2 N–H and O–H groups in total. The van der Waals surface area contributed by atoms with Gasteiger partial charge in [-0.1, -0.05) is 20.3 Å². The molecule has 2 saturated heterocycles. The Morgan fingerprint density at radius 1 is 1.15 bits per heavy atom. The number of thioether (sulfide) groups is 1. The maximum Gasteiger partial charge on any atom is 0.0701 e. The van der Waals surface area contributed by atoms with Crippen molar-refractivity contribution in [2.75, 3.05) is 18.1 Å². The van der Waals surface area contributed by atoms with Crippen LogP contribution in [0.25, 0.3) is 0 Å². The lowest BCUT2D eigenvalue weighted by Crippen LogP contribution is -2.50. The maximum absolute atomic E-state index is 6.76. The first-order valence-electron chi connectivity index (χ1n) is 8.50. The van der Waals surface area contributed by atoms with Gasteiger partial charge in [0, 0.05) is 12.6 Å². The summed E-state index contributed by atoms with van der Waals surface area (Å²) in [4.78, 5) is 0. The number of hydrogen-bond acceptors (Lipinski definition) is 3. The van der Waals surface area contributed by atoms with Crippen molar-refractivity contribution in [2.24, 2.45) is 23.0 Å². The van der Waals surface area contributed by atoms with Crippen molar-refractivity contribution < 1.29 is 4.74 Å². The van der Waals surface area contributed by atoms with E-state index >= 15 is 0 Å². The molecule has 20 heavy (non-hydrogen) atoms. The van der Waals surface area contributed by atoms with Crippen LogP contribution in [0.1, 0.15) is 58.8 Å². The van der Waals surface area contributed by atoms with Gasteiger partial charge < -0.3 is 10.5 Å². The van der Waals surface area contributed by atoms with Crippen molar-refractivity contribution in [2.45, 2.75) is 70.4 Å². The Bertz CT molecular complexity index is 332. The first-order chi connectivity index (χ1) is 9.53. The van der Waals surface area contributed by atoms with Crippen molar-refractivity contribution in [3.05, 3.63) is 0 Å². The van der Waals surface area contributed by atoms with E-state index in [9.17, 15) is 0 Å². The lowest BCUT2D eigenvalue weighted by molar-refractivity contribution is -0.109. The van der Waals surface area contributed by atoms with Crippen LogP contribution < -0.4 is 5.73 Å². The molecule has 2 aliphatic heterocycles. The number of hydrogen-bond donors (Lipinski definition) is 1. The lowest BCUT2D eigenvalue weighted by Gasteiger charge is -2.47. The largest absolute Gasteiger partial charge is 0.375 e. The molecule has 3 atom stereocenters. The molecule has 116 valence electrons. The Hall–Kier alpha value is 0.270. The molecular formula is C17H31NOS. The van der Waals surface area contributed by atoms with Gasteiger partial charge in [0.1, 0.15) is 0 Å². The Morgan fingerprint density at radius 2 is 1.90 bits per heavy atom. The molecule has 0 bridgehead atoms. The van der Waals surface area contributed by atoms with Crippen LogP contribution in [0.3, 0.4) is 0 Å². The van der Waals surface area contributed by atoms with E-state index in [2.05, 4.69) is 25.6 Å². The second-order valence-corrected chi connectivity index (χ2v) is 9.19. The highest BCUT2D eigenvalue weighted by Crippen LogP contribution is 2.48. The van der Waals surface area contributed by atoms with E-state index in [1.807, 2.05) is 0 Å². The van der Waals surface area contributed by atoms with Crippen molar-refractivity contribution in [3.63, 3.8) is 0 Å². The molecule has 2 heterocycles. The molecule has 0 radical (unpaired) electrons. The van der Waals surface area contributed by atoms with Crippen molar-refractivity contribution in [1.82, 2.24) is 0 Å². The Kier molecular flexibility index (Phi) is 4.41. The Balaban J connectivity index is 1.67. The van der Waals surface area contributed by atoms with Crippen LogP contribution in [-0.4, -0.2) is 29.8 Å². The van der Waals surface area contributed by atoms with Gasteiger partial charge in [-0.05, 0) is 67.3 Å². The normalized spacial score (nSPS) is 38.0. The van der Waals surface area contributed by atoms with Crippen LogP contribution in [0, 0.1) is 17.3 Å². The van der Waals surface area contributed by atoms with E-state index in [1.165, 1.54) is 56.5 Å². The van der Waals surface area contributed by atoms with Crippen LogP contribution >= 0.6 is 11.8 Å². The third-order valence-corrected chi connectivity index (χ3v) is 7.27. The second kappa shape index (κ2) is 5.81. The number of nitrogens with two attached hydrogens (primary N) is 1. The monoisotopic (exact) mass is 297 g/mol. The molecule has 3 heteroatoms. The van der Waals surface area contributed by atoms with E-state index in [0.29, 0.717) is 17.4 Å². The molecule has 1 spiro atoms. The Labute approximate surface area is 128 Å². The average molecular weight is 298 g/mol. The van der Waals surface area contributed by atoms with Gasteiger partial charge >= 0.3 is 0 Å². The fourth-order valence-corrected chi connectivity index (χ4v) is 6.12. The van der Waals surface area contributed by atoms with Crippen LogP contribution in [0.4, 0.5) is 0 Å². The molecule has 1 aliphatic carbocycles. The number of rotatable bonds is 2. The summed E-state index contributed by atoms with van der Waals surface area (Å²) < 4.78 is 6.23. The minimum atomic E-state index is 0.189. The van der Waals surface area contributed by atoms with Gasteiger partial charge in [-0.2, -0.15) is 11.8 Å². The molecular weight excluding hydrogens is 266 g/mol. The quantitative estimate of drug-likeness (QED) is 0.841. The third kappa shape index (κ3) is 2.91. The highest BCUT2D eigenvalue weighted by Gasteiger charge is 2.45. The average Bonchev–Trinajstić information content (AvgIpc) is 2.78.